The quantitative estimate of drug-likeness (QED) is 0.771. The van der Waals surface area contributed by atoms with Crippen molar-refractivity contribution in [2.75, 3.05) is 14.2 Å². The first-order valence-corrected chi connectivity index (χ1v) is 7.23. The van der Waals surface area contributed by atoms with Crippen LogP contribution in [0.15, 0.2) is 6.20 Å². The maximum Gasteiger partial charge on any atom is 0.408 e. The lowest BCUT2D eigenvalue weighted by Crippen LogP contribution is -2.45. The summed E-state index contributed by atoms with van der Waals surface area (Å²) in [5.41, 5.74) is 0. The molecule has 0 radical (unpaired) electrons. The molecule has 0 aromatic carbocycles. The maximum absolute atomic E-state index is 11.7. The molecule has 0 saturated carbocycles. The third-order valence-corrected chi connectivity index (χ3v) is 3.55. The monoisotopic (exact) mass is 316 g/mol. The molecule has 0 spiro atoms. The second kappa shape index (κ2) is 8.58. The number of ether oxygens (including phenoxy) is 3. The van der Waals surface area contributed by atoms with Gasteiger partial charge in [0.1, 0.15) is 17.7 Å². The van der Waals surface area contributed by atoms with Crippen molar-refractivity contribution in [2.45, 2.75) is 33.1 Å². The summed E-state index contributed by atoms with van der Waals surface area (Å²) in [7, 11) is 2.86. The Bertz CT molecular complexity index is 475. The van der Waals surface area contributed by atoms with Gasteiger partial charge < -0.3 is 19.5 Å². The summed E-state index contributed by atoms with van der Waals surface area (Å²) < 4.78 is 14.7. The molecule has 1 rings (SSSR count). The predicted molar refractivity (Wildman–Crippen MR) is 76.8 cm³/mol. The van der Waals surface area contributed by atoms with Crippen molar-refractivity contribution in [3.05, 3.63) is 16.1 Å². The highest BCUT2D eigenvalue weighted by molar-refractivity contribution is 7.11. The van der Waals surface area contributed by atoms with Gasteiger partial charge in [0, 0.05) is 13.3 Å². The van der Waals surface area contributed by atoms with Crippen molar-refractivity contribution in [1.29, 1.82) is 0 Å². The Hall–Kier alpha value is -1.67. The third kappa shape index (κ3) is 5.68. The summed E-state index contributed by atoms with van der Waals surface area (Å²) in [5, 5.41) is 3.30. The number of carbonyl (C=O) groups is 2. The minimum Gasteiger partial charge on any atom is -0.467 e. The van der Waals surface area contributed by atoms with E-state index in [1.165, 1.54) is 18.4 Å². The first-order chi connectivity index (χ1) is 9.97. The van der Waals surface area contributed by atoms with Crippen molar-refractivity contribution in [3.63, 3.8) is 0 Å². The van der Waals surface area contributed by atoms with E-state index in [0.717, 1.165) is 9.88 Å². The molecule has 1 atom stereocenters. The molecule has 1 heterocycles. The number of methoxy groups -OCH3 is 2. The van der Waals surface area contributed by atoms with Crippen LogP contribution >= 0.6 is 11.3 Å². The van der Waals surface area contributed by atoms with Crippen LogP contribution in [0.4, 0.5) is 4.79 Å². The fraction of sp³-hybridized carbons (Fsp3) is 0.615. The van der Waals surface area contributed by atoms with Crippen molar-refractivity contribution in [2.24, 2.45) is 5.92 Å². The molecule has 1 aromatic rings. The topological polar surface area (TPSA) is 86.8 Å². The van der Waals surface area contributed by atoms with E-state index in [1.807, 2.05) is 13.8 Å². The molecule has 0 aliphatic rings. The van der Waals surface area contributed by atoms with E-state index in [0.29, 0.717) is 6.61 Å². The number of hydrogen-bond donors (Lipinski definition) is 1. The number of carbonyl (C=O) groups excluding carboxylic acids is 2. The second-order valence-electron chi connectivity index (χ2n) is 4.62. The molecule has 0 aliphatic carbocycles. The molecule has 21 heavy (non-hydrogen) atoms. The Kier molecular flexibility index (Phi) is 7.10. The van der Waals surface area contributed by atoms with E-state index < -0.39 is 18.1 Å². The van der Waals surface area contributed by atoms with Crippen molar-refractivity contribution < 1.29 is 23.8 Å². The van der Waals surface area contributed by atoms with Crippen LogP contribution < -0.4 is 5.32 Å². The van der Waals surface area contributed by atoms with E-state index in [-0.39, 0.29) is 12.5 Å². The van der Waals surface area contributed by atoms with Gasteiger partial charge in [-0.25, -0.2) is 14.6 Å². The molecule has 0 unspecified atom stereocenters. The molecule has 7 nitrogen and oxygen atoms in total. The largest absolute Gasteiger partial charge is 0.467 e. The molecule has 0 bridgehead atoms. The molecule has 0 aliphatic heterocycles. The molecule has 118 valence electrons. The Morgan fingerprint density at radius 3 is 2.62 bits per heavy atom. The number of aromatic nitrogens is 1. The first kappa shape index (κ1) is 17.4. The number of nitrogens with one attached hydrogen (secondary N) is 1. The molecule has 8 heteroatoms. The summed E-state index contributed by atoms with van der Waals surface area (Å²) in [6.45, 7) is 4.14. The lowest BCUT2D eigenvalue weighted by atomic mass is 10.1. The second-order valence-corrected chi connectivity index (χ2v) is 5.82. The minimum absolute atomic E-state index is 0.0956. The van der Waals surface area contributed by atoms with Gasteiger partial charge in [-0.2, -0.15) is 0 Å². The van der Waals surface area contributed by atoms with Gasteiger partial charge in [0.2, 0.25) is 0 Å². The fourth-order valence-electron chi connectivity index (χ4n) is 1.53. The summed E-state index contributed by atoms with van der Waals surface area (Å²) in [5.74, 6) is -0.594. The van der Waals surface area contributed by atoms with Crippen molar-refractivity contribution in [1.82, 2.24) is 10.3 Å². The molecule has 1 N–H and O–H groups in total. The minimum atomic E-state index is -0.729. The smallest absolute Gasteiger partial charge is 0.408 e. The summed E-state index contributed by atoms with van der Waals surface area (Å²) in [4.78, 5) is 28.2. The van der Waals surface area contributed by atoms with Crippen LogP contribution in [0, 0.1) is 5.92 Å². The summed E-state index contributed by atoms with van der Waals surface area (Å²) >= 11 is 1.40. The molecule has 1 amide bonds. The number of rotatable bonds is 7. The van der Waals surface area contributed by atoms with E-state index in [9.17, 15) is 9.59 Å². The van der Waals surface area contributed by atoms with E-state index in [4.69, 9.17) is 9.47 Å². The van der Waals surface area contributed by atoms with Gasteiger partial charge in [-0.15, -0.1) is 11.3 Å². The number of esters is 1. The molecular formula is C13H20N2O5S. The summed E-state index contributed by atoms with van der Waals surface area (Å²) in [6, 6.07) is -0.729. The van der Waals surface area contributed by atoms with Crippen LogP contribution in [0.3, 0.4) is 0 Å². The number of amides is 1. The molecular weight excluding hydrogens is 296 g/mol. The van der Waals surface area contributed by atoms with Gasteiger partial charge in [0.15, 0.2) is 0 Å². The highest BCUT2D eigenvalue weighted by Crippen LogP contribution is 2.14. The average Bonchev–Trinajstić information content (AvgIpc) is 2.89. The fourth-order valence-corrected chi connectivity index (χ4v) is 2.34. The molecule has 1 aromatic heterocycles. The van der Waals surface area contributed by atoms with E-state index in [1.54, 1.807) is 13.3 Å². The number of thiazole rings is 1. The molecule has 0 saturated heterocycles. The van der Waals surface area contributed by atoms with Gasteiger partial charge in [-0.3, -0.25) is 0 Å². The normalized spacial score (nSPS) is 12.0. The van der Waals surface area contributed by atoms with E-state index in [2.05, 4.69) is 15.0 Å². The van der Waals surface area contributed by atoms with Gasteiger partial charge >= 0.3 is 12.1 Å². The molecule has 0 fully saturated rings. The highest BCUT2D eigenvalue weighted by Gasteiger charge is 2.25. The van der Waals surface area contributed by atoms with Gasteiger partial charge in [-0.05, 0) is 5.92 Å². The Morgan fingerprint density at radius 2 is 2.05 bits per heavy atom. The van der Waals surface area contributed by atoms with Crippen LogP contribution in [-0.4, -0.2) is 37.3 Å². The Labute approximate surface area is 127 Å². The first-order valence-electron chi connectivity index (χ1n) is 6.41. The Morgan fingerprint density at radius 1 is 1.33 bits per heavy atom. The zero-order valence-electron chi connectivity index (χ0n) is 12.5. The van der Waals surface area contributed by atoms with Crippen LogP contribution in [-0.2, 0) is 32.2 Å². The summed E-state index contributed by atoms with van der Waals surface area (Å²) in [6.07, 6.45) is 0.966. The maximum atomic E-state index is 11.7. The standard InChI is InChI=1S/C13H20N2O5S/c1-8(2)11(12(16)19-4)15-13(17)20-6-9-5-14-10(21-9)7-18-3/h5,8,11H,6-7H2,1-4H3,(H,15,17)/t11-/m0/s1. The number of alkyl carbamates (subject to hydrolysis) is 1. The van der Waals surface area contributed by atoms with Gasteiger partial charge in [0.05, 0.1) is 18.6 Å². The van der Waals surface area contributed by atoms with Crippen LogP contribution in [0.5, 0.6) is 0 Å². The number of hydrogen-bond acceptors (Lipinski definition) is 7. The van der Waals surface area contributed by atoms with Crippen molar-refractivity contribution >= 4 is 23.4 Å². The number of nitrogens with zero attached hydrogens (tertiary/aromatic N) is 1. The SMILES string of the molecule is COCc1ncc(COC(=O)N[C@H](C(=O)OC)C(C)C)s1. The average molecular weight is 316 g/mol. The highest BCUT2D eigenvalue weighted by atomic mass is 32.1. The zero-order chi connectivity index (χ0) is 15.8. The zero-order valence-corrected chi connectivity index (χ0v) is 13.4. The van der Waals surface area contributed by atoms with Crippen LogP contribution in [0.2, 0.25) is 0 Å². The lowest BCUT2D eigenvalue weighted by molar-refractivity contribution is -0.144. The van der Waals surface area contributed by atoms with Crippen LogP contribution in [0.1, 0.15) is 23.7 Å². The van der Waals surface area contributed by atoms with Crippen LogP contribution in [0.25, 0.3) is 0 Å². The lowest BCUT2D eigenvalue weighted by Gasteiger charge is -2.19. The van der Waals surface area contributed by atoms with E-state index >= 15 is 0 Å². The van der Waals surface area contributed by atoms with Gasteiger partial charge in [-0.1, -0.05) is 13.8 Å². The Balaban J connectivity index is 2.46. The third-order valence-electron chi connectivity index (χ3n) is 2.61. The van der Waals surface area contributed by atoms with Gasteiger partial charge in [0.25, 0.3) is 0 Å². The van der Waals surface area contributed by atoms with Crippen molar-refractivity contribution in [3.8, 4) is 0 Å². The predicted octanol–water partition coefficient (Wildman–Crippen LogP) is 1.71.